The molecule has 0 aromatic carbocycles. The summed E-state index contributed by atoms with van der Waals surface area (Å²) in [5.74, 6) is 0. The van der Waals surface area contributed by atoms with Crippen molar-refractivity contribution >= 4 is 12.4 Å². The quantitative estimate of drug-likeness (QED) is 0.839. The van der Waals surface area contributed by atoms with Crippen LogP contribution in [0.3, 0.4) is 0 Å². The Labute approximate surface area is 126 Å². The van der Waals surface area contributed by atoms with Crippen LogP contribution in [0.5, 0.6) is 0 Å². The van der Waals surface area contributed by atoms with Gasteiger partial charge in [-0.15, -0.1) is 12.4 Å². The number of H-pyrrole nitrogens is 1. The van der Waals surface area contributed by atoms with Crippen LogP contribution in [0.15, 0.2) is 24.4 Å². The highest BCUT2D eigenvalue weighted by Crippen LogP contribution is 2.34. The summed E-state index contributed by atoms with van der Waals surface area (Å²) >= 11 is 0. The molecular weight excluding hydrogens is 303 g/mol. The number of aromatic nitrogens is 2. The SMILES string of the molecule is Cl.N[C@H]1CCCc2cc(-c3ccnc(C(F)(F)F)c3)[nH]c21. The first-order chi connectivity index (χ1) is 9.45. The lowest BCUT2D eigenvalue weighted by Gasteiger charge is -2.17. The monoisotopic (exact) mass is 317 g/mol. The first kappa shape index (κ1) is 15.9. The van der Waals surface area contributed by atoms with E-state index in [1.807, 2.05) is 6.07 Å². The molecule has 2 aromatic heterocycles. The summed E-state index contributed by atoms with van der Waals surface area (Å²) in [6.45, 7) is 0. The zero-order chi connectivity index (χ0) is 14.3. The van der Waals surface area contributed by atoms with E-state index >= 15 is 0 Å². The third kappa shape index (κ3) is 3.06. The van der Waals surface area contributed by atoms with Gasteiger partial charge in [-0.2, -0.15) is 13.2 Å². The largest absolute Gasteiger partial charge is 0.433 e. The molecule has 1 aliphatic carbocycles. The zero-order valence-electron chi connectivity index (χ0n) is 11.1. The van der Waals surface area contributed by atoms with Gasteiger partial charge in [0, 0.05) is 29.2 Å². The van der Waals surface area contributed by atoms with Gasteiger partial charge in [-0.3, -0.25) is 4.98 Å². The molecule has 114 valence electrons. The number of aryl methyl sites for hydroxylation is 1. The van der Waals surface area contributed by atoms with Crippen LogP contribution in [0.1, 0.15) is 35.8 Å². The second-order valence-electron chi connectivity index (χ2n) is 5.05. The molecule has 0 unspecified atom stereocenters. The van der Waals surface area contributed by atoms with E-state index in [-0.39, 0.29) is 18.4 Å². The fourth-order valence-corrected chi connectivity index (χ4v) is 2.62. The van der Waals surface area contributed by atoms with Gasteiger partial charge in [-0.05, 0) is 43.0 Å². The van der Waals surface area contributed by atoms with Crippen molar-refractivity contribution < 1.29 is 13.2 Å². The Bertz CT molecular complexity index is 637. The Hall–Kier alpha value is -1.53. The molecule has 0 amide bonds. The van der Waals surface area contributed by atoms with Gasteiger partial charge < -0.3 is 10.7 Å². The molecule has 0 radical (unpaired) electrons. The Balaban J connectivity index is 0.00000161. The molecule has 3 N–H and O–H groups in total. The molecule has 2 heterocycles. The lowest BCUT2D eigenvalue weighted by molar-refractivity contribution is -0.141. The maximum absolute atomic E-state index is 12.7. The molecule has 7 heteroatoms. The maximum Gasteiger partial charge on any atom is 0.433 e. The normalized spacial score (nSPS) is 18.0. The van der Waals surface area contributed by atoms with E-state index in [1.165, 1.54) is 6.20 Å². The number of nitrogens with zero attached hydrogens (tertiary/aromatic N) is 1. The van der Waals surface area contributed by atoms with Crippen molar-refractivity contribution in [2.24, 2.45) is 5.73 Å². The maximum atomic E-state index is 12.7. The minimum atomic E-state index is -4.43. The van der Waals surface area contributed by atoms with Crippen LogP contribution in [-0.2, 0) is 12.6 Å². The molecule has 3 nitrogen and oxygen atoms in total. The summed E-state index contributed by atoms with van der Waals surface area (Å²) in [7, 11) is 0. The van der Waals surface area contributed by atoms with Gasteiger partial charge in [-0.25, -0.2) is 0 Å². The molecule has 0 spiro atoms. The summed E-state index contributed by atoms with van der Waals surface area (Å²) < 4.78 is 38.0. The number of hydrogen-bond donors (Lipinski definition) is 2. The number of alkyl halides is 3. The zero-order valence-corrected chi connectivity index (χ0v) is 11.9. The summed E-state index contributed by atoms with van der Waals surface area (Å²) in [6, 6.07) is 4.46. The van der Waals surface area contributed by atoms with Crippen molar-refractivity contribution in [2.75, 3.05) is 0 Å². The van der Waals surface area contributed by atoms with Crippen molar-refractivity contribution in [3.63, 3.8) is 0 Å². The predicted octanol–water partition coefficient (Wildman–Crippen LogP) is 3.85. The van der Waals surface area contributed by atoms with Gasteiger partial charge in [0.15, 0.2) is 0 Å². The van der Waals surface area contributed by atoms with Crippen molar-refractivity contribution in [3.8, 4) is 11.3 Å². The van der Waals surface area contributed by atoms with Crippen LogP contribution in [-0.4, -0.2) is 9.97 Å². The highest BCUT2D eigenvalue weighted by molar-refractivity contribution is 5.85. The van der Waals surface area contributed by atoms with Crippen LogP contribution < -0.4 is 5.73 Å². The summed E-state index contributed by atoms with van der Waals surface area (Å²) in [6.07, 6.45) is -0.431. The fraction of sp³-hybridized carbons (Fsp3) is 0.357. The fourth-order valence-electron chi connectivity index (χ4n) is 2.62. The lowest BCUT2D eigenvalue weighted by atomic mass is 9.94. The van der Waals surface area contributed by atoms with Gasteiger partial charge in [0.2, 0.25) is 0 Å². The molecule has 0 bridgehead atoms. The Morgan fingerprint density at radius 2 is 2.05 bits per heavy atom. The number of halogens is 4. The van der Waals surface area contributed by atoms with E-state index < -0.39 is 11.9 Å². The van der Waals surface area contributed by atoms with E-state index in [0.29, 0.717) is 11.3 Å². The van der Waals surface area contributed by atoms with Crippen LogP contribution in [0.25, 0.3) is 11.3 Å². The van der Waals surface area contributed by atoms with Crippen LogP contribution in [0.2, 0.25) is 0 Å². The minimum absolute atomic E-state index is 0. The van der Waals surface area contributed by atoms with Gasteiger partial charge in [0.1, 0.15) is 5.69 Å². The molecule has 0 fully saturated rings. The number of hydrogen-bond acceptors (Lipinski definition) is 2. The molecular formula is C14H15ClF3N3. The third-order valence-electron chi connectivity index (χ3n) is 3.63. The van der Waals surface area contributed by atoms with Crippen LogP contribution >= 0.6 is 12.4 Å². The van der Waals surface area contributed by atoms with Gasteiger partial charge in [0.25, 0.3) is 0 Å². The number of pyridine rings is 1. The lowest BCUT2D eigenvalue weighted by Crippen LogP contribution is -2.16. The van der Waals surface area contributed by atoms with Gasteiger partial charge in [0.05, 0.1) is 0 Å². The van der Waals surface area contributed by atoms with E-state index in [0.717, 1.165) is 36.6 Å². The number of fused-ring (bicyclic) bond motifs is 1. The molecule has 0 saturated heterocycles. The molecule has 0 saturated carbocycles. The minimum Gasteiger partial charge on any atom is -0.357 e. The molecule has 2 aromatic rings. The Morgan fingerprint density at radius 3 is 2.71 bits per heavy atom. The molecule has 21 heavy (non-hydrogen) atoms. The second-order valence-corrected chi connectivity index (χ2v) is 5.05. The average molecular weight is 318 g/mol. The number of aromatic amines is 1. The van der Waals surface area contributed by atoms with E-state index in [2.05, 4.69) is 9.97 Å². The number of rotatable bonds is 1. The topological polar surface area (TPSA) is 54.7 Å². The van der Waals surface area contributed by atoms with Crippen LogP contribution in [0.4, 0.5) is 13.2 Å². The van der Waals surface area contributed by atoms with E-state index in [4.69, 9.17) is 5.73 Å². The first-order valence-electron chi connectivity index (χ1n) is 6.46. The highest BCUT2D eigenvalue weighted by Gasteiger charge is 2.32. The Kier molecular flexibility index (Phi) is 4.30. The average Bonchev–Trinajstić information content (AvgIpc) is 2.83. The van der Waals surface area contributed by atoms with Crippen molar-refractivity contribution in [3.05, 3.63) is 41.3 Å². The van der Waals surface area contributed by atoms with Crippen molar-refractivity contribution in [1.82, 2.24) is 9.97 Å². The summed E-state index contributed by atoms with van der Waals surface area (Å²) in [4.78, 5) is 6.53. The van der Waals surface area contributed by atoms with Crippen molar-refractivity contribution in [2.45, 2.75) is 31.5 Å². The van der Waals surface area contributed by atoms with Crippen LogP contribution in [0, 0.1) is 0 Å². The second kappa shape index (κ2) is 5.69. The summed E-state index contributed by atoms with van der Waals surface area (Å²) in [5, 5.41) is 0. The smallest absolute Gasteiger partial charge is 0.357 e. The van der Waals surface area contributed by atoms with Gasteiger partial charge >= 0.3 is 6.18 Å². The molecule has 0 aliphatic heterocycles. The molecule has 3 rings (SSSR count). The number of nitrogens with one attached hydrogen (secondary N) is 1. The highest BCUT2D eigenvalue weighted by atomic mass is 35.5. The number of nitrogens with two attached hydrogens (primary N) is 1. The first-order valence-corrected chi connectivity index (χ1v) is 6.46. The molecule has 1 atom stereocenters. The summed E-state index contributed by atoms with van der Waals surface area (Å²) in [5.41, 5.74) is 8.32. The Morgan fingerprint density at radius 1 is 1.29 bits per heavy atom. The predicted molar refractivity (Wildman–Crippen MR) is 76.1 cm³/mol. The van der Waals surface area contributed by atoms with E-state index in [9.17, 15) is 13.2 Å². The molecule has 1 aliphatic rings. The third-order valence-corrected chi connectivity index (χ3v) is 3.63. The van der Waals surface area contributed by atoms with Crippen molar-refractivity contribution in [1.29, 1.82) is 0 Å². The van der Waals surface area contributed by atoms with Gasteiger partial charge in [-0.1, -0.05) is 0 Å². The van der Waals surface area contributed by atoms with E-state index in [1.54, 1.807) is 6.07 Å². The standard InChI is InChI=1S/C14H14F3N3.ClH/c15-14(16,17)12-7-8(4-5-19-12)11-6-9-2-1-3-10(18)13(9)20-11;/h4-7,10,20H,1-3,18H2;1H/t10-;/m0./s1.